The fraction of sp³-hybridized carbons (Fsp3) is 0.364. The minimum absolute atomic E-state index is 0.194. The number of hydrogen-bond acceptors (Lipinski definition) is 3. The summed E-state index contributed by atoms with van der Waals surface area (Å²) in [7, 11) is 0. The lowest BCUT2D eigenvalue weighted by Gasteiger charge is -2.29. The number of rotatable bonds is 9. The first-order valence-electron chi connectivity index (χ1n) is 9.63. The highest BCUT2D eigenvalue weighted by molar-refractivity contribution is 6.42. The molecule has 0 heterocycles. The van der Waals surface area contributed by atoms with Gasteiger partial charge in [0.2, 0.25) is 5.91 Å². The van der Waals surface area contributed by atoms with Crippen molar-refractivity contribution in [2.45, 2.75) is 39.8 Å². The predicted molar refractivity (Wildman–Crippen MR) is 121 cm³/mol. The van der Waals surface area contributed by atoms with Gasteiger partial charge in [-0.1, -0.05) is 47.8 Å². The minimum atomic E-state index is -0.686. The van der Waals surface area contributed by atoms with E-state index in [0.29, 0.717) is 27.4 Å². The Morgan fingerprint density at radius 3 is 2.40 bits per heavy atom. The Hall–Kier alpha value is -1.95. The normalized spacial score (nSPS) is 11.7. The molecule has 0 spiro atoms. The third-order valence-electron chi connectivity index (χ3n) is 4.55. The first-order chi connectivity index (χ1) is 14.2. The van der Waals surface area contributed by atoms with Crippen LogP contribution in [0.1, 0.15) is 31.4 Å². The maximum Gasteiger partial charge on any atom is 0.261 e. The van der Waals surface area contributed by atoms with Crippen molar-refractivity contribution in [2.24, 2.45) is 0 Å². The maximum absolute atomic E-state index is 13.0. The quantitative estimate of drug-likeness (QED) is 0.541. The summed E-state index contributed by atoms with van der Waals surface area (Å²) < 4.78 is 5.65. The van der Waals surface area contributed by atoms with Crippen LogP contribution in [0, 0.1) is 6.92 Å². The molecule has 0 radical (unpaired) electrons. The summed E-state index contributed by atoms with van der Waals surface area (Å²) >= 11 is 18.1. The molecular formula is C22H25Cl3N2O3. The van der Waals surface area contributed by atoms with E-state index < -0.39 is 6.04 Å². The summed E-state index contributed by atoms with van der Waals surface area (Å²) in [5, 5.41) is 4.26. The van der Waals surface area contributed by atoms with Gasteiger partial charge in [-0.3, -0.25) is 9.59 Å². The third-order valence-corrected chi connectivity index (χ3v) is 5.71. The van der Waals surface area contributed by atoms with E-state index in [9.17, 15) is 9.59 Å². The van der Waals surface area contributed by atoms with Crippen LogP contribution in [0.3, 0.4) is 0 Å². The zero-order valence-electron chi connectivity index (χ0n) is 17.2. The number of carbonyl (C=O) groups is 2. The molecule has 0 bridgehead atoms. The smallest absolute Gasteiger partial charge is 0.261 e. The number of halogens is 3. The molecule has 5 nitrogen and oxygen atoms in total. The Morgan fingerprint density at radius 2 is 1.77 bits per heavy atom. The van der Waals surface area contributed by atoms with Crippen molar-refractivity contribution in [3.8, 4) is 5.75 Å². The number of amides is 2. The molecule has 0 aliphatic rings. The highest BCUT2D eigenvalue weighted by Crippen LogP contribution is 2.24. The lowest BCUT2D eigenvalue weighted by molar-refractivity contribution is -0.142. The fourth-order valence-corrected chi connectivity index (χ4v) is 3.19. The van der Waals surface area contributed by atoms with E-state index in [0.717, 1.165) is 17.5 Å². The van der Waals surface area contributed by atoms with Crippen LogP contribution in [0.15, 0.2) is 36.4 Å². The molecule has 0 fully saturated rings. The molecule has 2 aromatic rings. The summed E-state index contributed by atoms with van der Waals surface area (Å²) in [6.45, 7) is 6.03. The van der Waals surface area contributed by atoms with Crippen LogP contribution < -0.4 is 10.1 Å². The largest absolute Gasteiger partial charge is 0.484 e. The van der Waals surface area contributed by atoms with Crippen molar-refractivity contribution in [3.05, 3.63) is 62.6 Å². The fourth-order valence-electron chi connectivity index (χ4n) is 2.75. The van der Waals surface area contributed by atoms with Crippen molar-refractivity contribution in [1.82, 2.24) is 10.2 Å². The van der Waals surface area contributed by atoms with Gasteiger partial charge < -0.3 is 15.0 Å². The number of nitrogens with one attached hydrogen (secondary N) is 1. The number of hydrogen-bond donors (Lipinski definition) is 1. The monoisotopic (exact) mass is 470 g/mol. The zero-order chi connectivity index (χ0) is 22.3. The number of carbonyl (C=O) groups excluding carboxylic acids is 2. The second-order valence-corrected chi connectivity index (χ2v) is 8.16. The van der Waals surface area contributed by atoms with E-state index in [1.165, 1.54) is 4.90 Å². The van der Waals surface area contributed by atoms with Crippen molar-refractivity contribution in [2.75, 3.05) is 13.2 Å². The summed E-state index contributed by atoms with van der Waals surface area (Å²) in [5.41, 5.74) is 1.61. The SMILES string of the molecule is CCCNC(=O)[C@H](C)N(Cc1ccc(Cl)c(Cl)c1)C(=O)COc1ccc(Cl)c(C)c1. The van der Waals surface area contributed by atoms with Gasteiger partial charge in [-0.2, -0.15) is 0 Å². The molecule has 162 valence electrons. The molecule has 2 aromatic carbocycles. The van der Waals surface area contributed by atoms with Gasteiger partial charge >= 0.3 is 0 Å². The van der Waals surface area contributed by atoms with Crippen LogP contribution in [0.4, 0.5) is 0 Å². The van der Waals surface area contributed by atoms with E-state index in [4.69, 9.17) is 39.5 Å². The number of ether oxygens (including phenoxy) is 1. The van der Waals surface area contributed by atoms with Gasteiger partial charge in [-0.05, 0) is 61.7 Å². The Bertz CT molecular complexity index is 905. The Kier molecular flexibility index (Phi) is 9.28. The van der Waals surface area contributed by atoms with Crippen LogP contribution in [0.5, 0.6) is 5.75 Å². The van der Waals surface area contributed by atoms with E-state index in [1.807, 2.05) is 13.8 Å². The average Bonchev–Trinajstić information content (AvgIpc) is 2.72. The standard InChI is InChI=1S/C22H25Cl3N2O3/c1-4-9-26-22(29)15(3)27(12-16-5-7-19(24)20(25)11-16)21(28)13-30-17-6-8-18(23)14(2)10-17/h5-8,10-11,15H,4,9,12-13H2,1-3H3,(H,26,29)/t15-/m0/s1. The van der Waals surface area contributed by atoms with Gasteiger partial charge in [-0.25, -0.2) is 0 Å². The van der Waals surface area contributed by atoms with E-state index in [-0.39, 0.29) is 25.0 Å². The molecule has 1 N–H and O–H groups in total. The zero-order valence-corrected chi connectivity index (χ0v) is 19.4. The van der Waals surface area contributed by atoms with Crippen LogP contribution >= 0.6 is 34.8 Å². The maximum atomic E-state index is 13.0. The summed E-state index contributed by atoms with van der Waals surface area (Å²) in [5.74, 6) is -0.0248. The Morgan fingerprint density at radius 1 is 1.07 bits per heavy atom. The number of nitrogens with zero attached hydrogens (tertiary/aromatic N) is 1. The average molecular weight is 472 g/mol. The van der Waals surface area contributed by atoms with Crippen LogP contribution in [-0.2, 0) is 16.1 Å². The van der Waals surface area contributed by atoms with Gasteiger partial charge in [0.05, 0.1) is 10.0 Å². The first kappa shape index (κ1) is 24.3. The molecule has 0 unspecified atom stereocenters. The highest BCUT2D eigenvalue weighted by atomic mass is 35.5. The predicted octanol–water partition coefficient (Wildman–Crippen LogP) is 5.28. The van der Waals surface area contributed by atoms with Crippen LogP contribution in [0.2, 0.25) is 15.1 Å². The summed E-state index contributed by atoms with van der Waals surface area (Å²) in [6, 6.07) is 9.61. The second kappa shape index (κ2) is 11.4. The summed E-state index contributed by atoms with van der Waals surface area (Å²) in [6.07, 6.45) is 0.804. The number of aryl methyl sites for hydroxylation is 1. The Balaban J connectivity index is 2.17. The summed E-state index contributed by atoms with van der Waals surface area (Å²) in [4.78, 5) is 27.0. The van der Waals surface area contributed by atoms with Gasteiger partial charge in [0.25, 0.3) is 5.91 Å². The van der Waals surface area contributed by atoms with Gasteiger partial charge in [0, 0.05) is 18.1 Å². The lowest BCUT2D eigenvalue weighted by Crippen LogP contribution is -2.49. The molecule has 8 heteroatoms. The van der Waals surface area contributed by atoms with Crippen molar-refractivity contribution in [3.63, 3.8) is 0 Å². The molecule has 2 rings (SSSR count). The minimum Gasteiger partial charge on any atom is -0.484 e. The first-order valence-corrected chi connectivity index (χ1v) is 10.8. The molecule has 30 heavy (non-hydrogen) atoms. The Labute approximate surface area is 192 Å². The molecule has 0 aromatic heterocycles. The second-order valence-electron chi connectivity index (χ2n) is 6.94. The van der Waals surface area contributed by atoms with E-state index in [1.54, 1.807) is 43.3 Å². The molecule has 2 amide bonds. The highest BCUT2D eigenvalue weighted by Gasteiger charge is 2.26. The van der Waals surface area contributed by atoms with Crippen molar-refractivity contribution in [1.29, 1.82) is 0 Å². The van der Waals surface area contributed by atoms with Gasteiger partial charge in [-0.15, -0.1) is 0 Å². The molecule has 0 aliphatic heterocycles. The van der Waals surface area contributed by atoms with E-state index >= 15 is 0 Å². The van der Waals surface area contributed by atoms with Crippen LogP contribution in [0.25, 0.3) is 0 Å². The topological polar surface area (TPSA) is 58.6 Å². The molecule has 0 saturated heterocycles. The van der Waals surface area contributed by atoms with Gasteiger partial charge in [0.1, 0.15) is 11.8 Å². The van der Waals surface area contributed by atoms with Crippen molar-refractivity contribution >= 4 is 46.6 Å². The molecule has 0 aliphatic carbocycles. The number of benzene rings is 2. The van der Waals surface area contributed by atoms with E-state index in [2.05, 4.69) is 5.32 Å². The molecular weight excluding hydrogens is 447 g/mol. The van der Waals surface area contributed by atoms with Crippen LogP contribution in [-0.4, -0.2) is 35.9 Å². The third kappa shape index (κ3) is 6.79. The molecule has 0 saturated carbocycles. The van der Waals surface area contributed by atoms with Gasteiger partial charge in [0.15, 0.2) is 6.61 Å². The lowest BCUT2D eigenvalue weighted by atomic mass is 10.1. The van der Waals surface area contributed by atoms with Crippen molar-refractivity contribution < 1.29 is 14.3 Å². The molecule has 1 atom stereocenters.